The highest BCUT2D eigenvalue weighted by molar-refractivity contribution is 7.90. The summed E-state index contributed by atoms with van der Waals surface area (Å²) in [4.78, 5) is 14.4. The SMILES string of the molecule is Cc1ccc(-c2c(-c3ccc(S(C)(=O)=O)cc3)sc3ccccc3c2=O)cc1Cl. The van der Waals surface area contributed by atoms with Gasteiger partial charge in [-0.3, -0.25) is 4.79 Å². The molecule has 3 nitrogen and oxygen atoms in total. The lowest BCUT2D eigenvalue weighted by molar-refractivity contribution is 0.602. The third-order valence-electron chi connectivity index (χ3n) is 4.80. The molecule has 0 N–H and O–H groups in total. The van der Waals surface area contributed by atoms with Crippen LogP contribution in [0.4, 0.5) is 0 Å². The fourth-order valence-corrected chi connectivity index (χ4v) is 5.22. The molecule has 29 heavy (non-hydrogen) atoms. The van der Waals surface area contributed by atoms with E-state index in [0.29, 0.717) is 16.0 Å². The van der Waals surface area contributed by atoms with Crippen LogP contribution >= 0.6 is 22.9 Å². The topological polar surface area (TPSA) is 51.2 Å². The zero-order valence-corrected chi connectivity index (χ0v) is 18.2. The second kappa shape index (κ2) is 7.41. The lowest BCUT2D eigenvalue weighted by Crippen LogP contribution is -2.06. The molecule has 0 amide bonds. The van der Waals surface area contributed by atoms with E-state index in [9.17, 15) is 13.2 Å². The predicted molar refractivity (Wildman–Crippen MR) is 122 cm³/mol. The molecular formula is C23H17ClO3S2. The molecule has 0 aliphatic carbocycles. The molecule has 4 rings (SSSR count). The fourth-order valence-electron chi connectivity index (χ4n) is 3.21. The number of sulfone groups is 1. The van der Waals surface area contributed by atoms with E-state index in [2.05, 4.69) is 0 Å². The van der Waals surface area contributed by atoms with Gasteiger partial charge in [0.15, 0.2) is 15.3 Å². The van der Waals surface area contributed by atoms with Crippen molar-refractivity contribution in [2.45, 2.75) is 11.8 Å². The van der Waals surface area contributed by atoms with Gasteiger partial charge in [-0.05, 0) is 53.9 Å². The summed E-state index contributed by atoms with van der Waals surface area (Å²) in [5.74, 6) is 0. The van der Waals surface area contributed by atoms with E-state index < -0.39 is 9.84 Å². The Hall–Kier alpha value is -2.47. The second-order valence-electron chi connectivity index (χ2n) is 6.89. The Bertz CT molecular complexity index is 1400. The van der Waals surface area contributed by atoms with E-state index in [1.54, 1.807) is 24.3 Å². The molecule has 0 radical (unpaired) electrons. The molecule has 0 atom stereocenters. The van der Waals surface area contributed by atoms with Gasteiger partial charge in [-0.15, -0.1) is 11.3 Å². The highest BCUT2D eigenvalue weighted by Crippen LogP contribution is 2.38. The Morgan fingerprint density at radius 1 is 0.897 bits per heavy atom. The molecule has 0 spiro atoms. The summed E-state index contributed by atoms with van der Waals surface area (Å²) >= 11 is 7.84. The lowest BCUT2D eigenvalue weighted by atomic mass is 9.99. The molecule has 146 valence electrons. The molecule has 1 heterocycles. The van der Waals surface area contributed by atoms with Crippen molar-refractivity contribution >= 4 is 42.9 Å². The minimum atomic E-state index is -3.29. The molecule has 4 aromatic rings. The van der Waals surface area contributed by atoms with Crippen molar-refractivity contribution in [1.29, 1.82) is 0 Å². The summed E-state index contributed by atoms with van der Waals surface area (Å²) in [5.41, 5.74) is 2.97. The Kier molecular flexibility index (Phi) is 5.07. The minimum absolute atomic E-state index is 0.0681. The number of halogens is 1. The first-order chi connectivity index (χ1) is 13.8. The van der Waals surface area contributed by atoms with Gasteiger partial charge in [-0.2, -0.15) is 0 Å². The molecule has 6 heteroatoms. The van der Waals surface area contributed by atoms with Gasteiger partial charge in [0.05, 0.1) is 4.90 Å². The van der Waals surface area contributed by atoms with Crippen LogP contribution in [-0.2, 0) is 9.84 Å². The van der Waals surface area contributed by atoms with Crippen LogP contribution in [0, 0.1) is 6.92 Å². The summed E-state index contributed by atoms with van der Waals surface area (Å²) in [7, 11) is -3.29. The maximum Gasteiger partial charge on any atom is 0.196 e. The van der Waals surface area contributed by atoms with Crippen LogP contribution in [0.1, 0.15) is 5.56 Å². The van der Waals surface area contributed by atoms with Gasteiger partial charge >= 0.3 is 0 Å². The van der Waals surface area contributed by atoms with E-state index in [0.717, 1.165) is 26.3 Å². The van der Waals surface area contributed by atoms with Gasteiger partial charge in [0.2, 0.25) is 0 Å². The molecule has 1 aromatic heterocycles. The number of rotatable bonds is 3. The standard InChI is InChI=1S/C23H17ClO3S2/c1-14-7-8-16(13-19(14)24)21-22(25)18-5-3-4-6-20(18)28-23(21)15-9-11-17(12-10-15)29(2,26)27/h3-13H,1-2H3. The molecule has 0 saturated heterocycles. The van der Waals surface area contributed by atoms with Crippen molar-refractivity contribution in [3.05, 3.63) is 87.5 Å². The number of aryl methyl sites for hydroxylation is 1. The Labute approximate surface area is 178 Å². The minimum Gasteiger partial charge on any atom is -0.288 e. The molecular weight excluding hydrogens is 424 g/mol. The quantitative estimate of drug-likeness (QED) is 0.395. The average Bonchev–Trinajstić information content (AvgIpc) is 2.70. The first kappa shape index (κ1) is 19.8. The first-order valence-corrected chi connectivity index (χ1v) is 12.0. The zero-order chi connectivity index (χ0) is 20.8. The highest BCUT2D eigenvalue weighted by Gasteiger charge is 2.17. The maximum atomic E-state index is 13.4. The summed E-state index contributed by atoms with van der Waals surface area (Å²) in [5, 5.41) is 1.25. The normalized spacial score (nSPS) is 11.7. The zero-order valence-electron chi connectivity index (χ0n) is 15.8. The molecule has 3 aromatic carbocycles. The third kappa shape index (κ3) is 3.73. The molecule has 0 fully saturated rings. The average molecular weight is 441 g/mol. The van der Waals surface area contributed by atoms with E-state index in [1.165, 1.54) is 17.6 Å². The Morgan fingerprint density at radius 3 is 2.21 bits per heavy atom. The van der Waals surface area contributed by atoms with Crippen molar-refractivity contribution in [3.8, 4) is 21.6 Å². The van der Waals surface area contributed by atoms with Crippen LogP contribution in [0.25, 0.3) is 31.7 Å². The van der Waals surface area contributed by atoms with Gasteiger partial charge in [0.1, 0.15) is 0 Å². The van der Waals surface area contributed by atoms with Crippen molar-refractivity contribution in [1.82, 2.24) is 0 Å². The van der Waals surface area contributed by atoms with E-state index in [4.69, 9.17) is 11.6 Å². The number of hydrogen-bond donors (Lipinski definition) is 0. The third-order valence-corrected chi connectivity index (χ3v) is 7.56. The van der Waals surface area contributed by atoms with Crippen LogP contribution in [0.3, 0.4) is 0 Å². The molecule has 0 saturated carbocycles. The molecule has 0 aliphatic rings. The Balaban J connectivity index is 2.04. The van der Waals surface area contributed by atoms with Crippen molar-refractivity contribution < 1.29 is 8.42 Å². The van der Waals surface area contributed by atoms with Gasteiger partial charge < -0.3 is 0 Å². The van der Waals surface area contributed by atoms with Crippen LogP contribution in [0.5, 0.6) is 0 Å². The molecule has 0 aliphatic heterocycles. The fraction of sp³-hybridized carbons (Fsp3) is 0.0870. The van der Waals surface area contributed by atoms with Crippen LogP contribution < -0.4 is 5.43 Å². The van der Waals surface area contributed by atoms with Crippen LogP contribution in [0.15, 0.2) is 76.4 Å². The van der Waals surface area contributed by atoms with Crippen LogP contribution in [0.2, 0.25) is 5.02 Å². The van der Waals surface area contributed by atoms with E-state index >= 15 is 0 Å². The summed E-state index contributed by atoms with van der Waals surface area (Å²) in [6.45, 7) is 1.91. The highest BCUT2D eigenvalue weighted by atomic mass is 35.5. The number of benzene rings is 3. The summed E-state index contributed by atoms with van der Waals surface area (Å²) < 4.78 is 24.5. The van der Waals surface area contributed by atoms with Gasteiger partial charge in [0.25, 0.3) is 0 Å². The van der Waals surface area contributed by atoms with Crippen molar-refractivity contribution in [3.63, 3.8) is 0 Å². The second-order valence-corrected chi connectivity index (χ2v) is 10.4. The van der Waals surface area contributed by atoms with E-state index in [1.807, 2.05) is 49.4 Å². The number of hydrogen-bond acceptors (Lipinski definition) is 4. The summed E-state index contributed by atoms with van der Waals surface area (Å²) in [6, 6.07) is 19.7. The first-order valence-electron chi connectivity index (χ1n) is 8.88. The maximum absolute atomic E-state index is 13.4. The summed E-state index contributed by atoms with van der Waals surface area (Å²) in [6.07, 6.45) is 1.18. The monoisotopic (exact) mass is 440 g/mol. The van der Waals surface area contributed by atoms with Gasteiger partial charge in [-0.25, -0.2) is 8.42 Å². The largest absolute Gasteiger partial charge is 0.288 e. The van der Waals surface area contributed by atoms with Gasteiger partial charge in [-0.1, -0.05) is 48.0 Å². The van der Waals surface area contributed by atoms with Crippen LogP contribution in [-0.4, -0.2) is 14.7 Å². The number of fused-ring (bicyclic) bond motifs is 1. The van der Waals surface area contributed by atoms with Crippen molar-refractivity contribution in [2.75, 3.05) is 6.26 Å². The molecule has 0 bridgehead atoms. The lowest BCUT2D eigenvalue weighted by Gasteiger charge is -2.12. The van der Waals surface area contributed by atoms with E-state index in [-0.39, 0.29) is 10.3 Å². The predicted octanol–water partition coefficient (Wildman–Crippen LogP) is 5.96. The smallest absolute Gasteiger partial charge is 0.196 e. The Morgan fingerprint density at radius 2 is 1.55 bits per heavy atom. The molecule has 0 unspecified atom stereocenters. The van der Waals surface area contributed by atoms with Gasteiger partial charge in [0, 0.05) is 31.8 Å². The van der Waals surface area contributed by atoms with Crippen molar-refractivity contribution in [2.24, 2.45) is 0 Å².